The lowest BCUT2D eigenvalue weighted by Crippen LogP contribution is -2.44. The van der Waals surface area contributed by atoms with Gasteiger partial charge in [0.2, 0.25) is 5.91 Å². The van der Waals surface area contributed by atoms with E-state index in [0.29, 0.717) is 19.4 Å². The first-order chi connectivity index (χ1) is 11.0. The number of hydrogen-bond donors (Lipinski definition) is 0. The van der Waals surface area contributed by atoms with Crippen LogP contribution < -0.4 is 0 Å². The van der Waals surface area contributed by atoms with Crippen molar-refractivity contribution in [3.05, 3.63) is 35.6 Å². The molecule has 23 heavy (non-hydrogen) atoms. The average molecular weight is 321 g/mol. The molecule has 1 aliphatic carbocycles. The first-order valence-corrected chi connectivity index (χ1v) is 8.08. The summed E-state index contributed by atoms with van der Waals surface area (Å²) < 4.78 is 17.8. The van der Waals surface area contributed by atoms with Crippen LogP contribution in [0, 0.1) is 5.82 Å². The SMILES string of the molecule is COC(=O)CCCN(C)C(=O)C1(c2ccc(F)cc2)CCCC1. The van der Waals surface area contributed by atoms with Crippen molar-refractivity contribution < 1.29 is 18.7 Å². The van der Waals surface area contributed by atoms with E-state index >= 15 is 0 Å². The summed E-state index contributed by atoms with van der Waals surface area (Å²) >= 11 is 0. The topological polar surface area (TPSA) is 46.6 Å². The fourth-order valence-corrected chi connectivity index (χ4v) is 3.40. The van der Waals surface area contributed by atoms with E-state index in [2.05, 4.69) is 4.74 Å². The smallest absolute Gasteiger partial charge is 0.305 e. The van der Waals surface area contributed by atoms with Crippen molar-refractivity contribution in [3.63, 3.8) is 0 Å². The van der Waals surface area contributed by atoms with Crippen LogP contribution in [0.3, 0.4) is 0 Å². The van der Waals surface area contributed by atoms with Gasteiger partial charge >= 0.3 is 5.97 Å². The molecule has 1 saturated carbocycles. The second kappa shape index (κ2) is 7.57. The van der Waals surface area contributed by atoms with E-state index < -0.39 is 5.41 Å². The predicted octanol–water partition coefficient (Wildman–Crippen LogP) is 3.05. The van der Waals surface area contributed by atoms with Gasteiger partial charge in [-0.2, -0.15) is 0 Å². The third-order valence-corrected chi connectivity index (χ3v) is 4.71. The molecule has 1 aromatic rings. The third-order valence-electron chi connectivity index (χ3n) is 4.71. The van der Waals surface area contributed by atoms with Gasteiger partial charge in [0, 0.05) is 20.0 Å². The molecular formula is C18H24FNO3. The zero-order chi connectivity index (χ0) is 16.9. The van der Waals surface area contributed by atoms with Crippen LogP contribution in [0.5, 0.6) is 0 Å². The Morgan fingerprint density at radius 3 is 2.39 bits per heavy atom. The Labute approximate surface area is 136 Å². The highest BCUT2D eigenvalue weighted by atomic mass is 19.1. The zero-order valence-electron chi connectivity index (χ0n) is 13.8. The molecule has 1 aliphatic rings. The molecule has 0 N–H and O–H groups in total. The van der Waals surface area contributed by atoms with Crippen molar-refractivity contribution in [2.75, 3.05) is 20.7 Å². The zero-order valence-corrected chi connectivity index (χ0v) is 13.8. The van der Waals surface area contributed by atoms with Gasteiger partial charge in [-0.05, 0) is 37.0 Å². The fraction of sp³-hybridized carbons (Fsp3) is 0.556. The molecule has 1 amide bonds. The summed E-state index contributed by atoms with van der Waals surface area (Å²) in [5, 5.41) is 0. The molecule has 1 fully saturated rings. The molecule has 2 rings (SSSR count). The molecule has 5 heteroatoms. The number of methoxy groups -OCH3 is 1. The molecule has 0 aromatic heterocycles. The first kappa shape index (κ1) is 17.4. The van der Waals surface area contributed by atoms with Crippen LogP contribution in [0.25, 0.3) is 0 Å². The Morgan fingerprint density at radius 2 is 1.83 bits per heavy atom. The minimum Gasteiger partial charge on any atom is -0.469 e. The molecule has 1 aromatic carbocycles. The van der Waals surface area contributed by atoms with Crippen LogP contribution >= 0.6 is 0 Å². The van der Waals surface area contributed by atoms with Gasteiger partial charge in [-0.1, -0.05) is 25.0 Å². The second-order valence-corrected chi connectivity index (χ2v) is 6.20. The van der Waals surface area contributed by atoms with Gasteiger partial charge in [-0.15, -0.1) is 0 Å². The van der Waals surface area contributed by atoms with Crippen LogP contribution in [0.1, 0.15) is 44.1 Å². The number of carbonyl (C=O) groups is 2. The molecule has 0 aliphatic heterocycles. The van der Waals surface area contributed by atoms with Crippen molar-refractivity contribution in [2.45, 2.75) is 43.9 Å². The predicted molar refractivity (Wildman–Crippen MR) is 85.4 cm³/mol. The highest BCUT2D eigenvalue weighted by molar-refractivity contribution is 5.88. The molecule has 126 valence electrons. The Hall–Kier alpha value is -1.91. The Kier molecular flexibility index (Phi) is 5.74. The van der Waals surface area contributed by atoms with E-state index in [1.54, 1.807) is 24.1 Å². The lowest BCUT2D eigenvalue weighted by molar-refractivity contribution is -0.142. The number of likely N-dealkylation sites (N-methyl/N-ethyl adjacent to an activating group) is 1. The summed E-state index contributed by atoms with van der Waals surface area (Å²) in [6, 6.07) is 6.28. The molecule has 0 bridgehead atoms. The van der Waals surface area contributed by atoms with Crippen LogP contribution in [0.15, 0.2) is 24.3 Å². The van der Waals surface area contributed by atoms with E-state index in [9.17, 15) is 14.0 Å². The standard InChI is InChI=1S/C18H24FNO3/c1-20(13-5-6-16(21)23-2)17(22)18(11-3-4-12-18)14-7-9-15(19)10-8-14/h7-10H,3-6,11-13H2,1-2H3. The number of esters is 1. The maximum absolute atomic E-state index is 13.2. The van der Waals surface area contributed by atoms with Crippen molar-refractivity contribution in [2.24, 2.45) is 0 Å². The fourth-order valence-electron chi connectivity index (χ4n) is 3.40. The molecular weight excluding hydrogens is 297 g/mol. The number of nitrogens with zero attached hydrogens (tertiary/aromatic N) is 1. The van der Waals surface area contributed by atoms with E-state index in [0.717, 1.165) is 31.2 Å². The number of hydrogen-bond acceptors (Lipinski definition) is 3. The van der Waals surface area contributed by atoms with E-state index in [1.165, 1.54) is 19.2 Å². The van der Waals surface area contributed by atoms with Crippen LogP contribution in [0.2, 0.25) is 0 Å². The highest BCUT2D eigenvalue weighted by Crippen LogP contribution is 2.42. The molecule has 4 nitrogen and oxygen atoms in total. The molecule has 0 unspecified atom stereocenters. The lowest BCUT2D eigenvalue weighted by atomic mass is 9.77. The van der Waals surface area contributed by atoms with Crippen molar-refractivity contribution in [3.8, 4) is 0 Å². The summed E-state index contributed by atoms with van der Waals surface area (Å²) in [4.78, 5) is 25.9. The summed E-state index contributed by atoms with van der Waals surface area (Å²) in [6.07, 6.45) is 4.46. The van der Waals surface area contributed by atoms with Crippen LogP contribution in [-0.4, -0.2) is 37.5 Å². The van der Waals surface area contributed by atoms with Crippen molar-refractivity contribution in [1.29, 1.82) is 0 Å². The van der Waals surface area contributed by atoms with Gasteiger partial charge < -0.3 is 9.64 Å². The largest absolute Gasteiger partial charge is 0.469 e. The van der Waals surface area contributed by atoms with Crippen LogP contribution in [-0.2, 0) is 19.7 Å². The van der Waals surface area contributed by atoms with Gasteiger partial charge in [0.15, 0.2) is 0 Å². The maximum Gasteiger partial charge on any atom is 0.305 e. The number of amides is 1. The molecule has 0 atom stereocenters. The summed E-state index contributed by atoms with van der Waals surface area (Å²) in [5.74, 6) is -0.493. The Balaban J connectivity index is 2.09. The molecule has 0 spiro atoms. The third kappa shape index (κ3) is 3.89. The van der Waals surface area contributed by atoms with Crippen LogP contribution in [0.4, 0.5) is 4.39 Å². The number of benzene rings is 1. The minimum atomic E-state index is -0.548. The van der Waals surface area contributed by atoms with Gasteiger partial charge in [0.05, 0.1) is 12.5 Å². The quantitative estimate of drug-likeness (QED) is 0.757. The van der Waals surface area contributed by atoms with E-state index in [4.69, 9.17) is 0 Å². The molecule has 0 saturated heterocycles. The Morgan fingerprint density at radius 1 is 1.22 bits per heavy atom. The average Bonchev–Trinajstić information content (AvgIpc) is 3.05. The summed E-state index contributed by atoms with van der Waals surface area (Å²) in [5.41, 5.74) is 0.342. The van der Waals surface area contributed by atoms with Gasteiger partial charge in [-0.25, -0.2) is 4.39 Å². The number of ether oxygens (including phenoxy) is 1. The molecule has 0 heterocycles. The number of carbonyl (C=O) groups excluding carboxylic acids is 2. The second-order valence-electron chi connectivity index (χ2n) is 6.20. The van der Waals surface area contributed by atoms with Gasteiger partial charge in [0.1, 0.15) is 5.82 Å². The summed E-state index contributed by atoms with van der Waals surface area (Å²) in [6.45, 7) is 0.511. The summed E-state index contributed by atoms with van der Waals surface area (Å²) in [7, 11) is 3.13. The molecule has 0 radical (unpaired) electrons. The number of rotatable bonds is 6. The van der Waals surface area contributed by atoms with Crippen molar-refractivity contribution in [1.82, 2.24) is 4.90 Å². The van der Waals surface area contributed by atoms with E-state index in [-0.39, 0.29) is 17.7 Å². The minimum absolute atomic E-state index is 0.0615. The number of halogens is 1. The van der Waals surface area contributed by atoms with Gasteiger partial charge in [-0.3, -0.25) is 9.59 Å². The highest BCUT2D eigenvalue weighted by Gasteiger charge is 2.44. The lowest BCUT2D eigenvalue weighted by Gasteiger charge is -2.33. The van der Waals surface area contributed by atoms with Crippen molar-refractivity contribution >= 4 is 11.9 Å². The Bertz CT molecular complexity index is 550. The monoisotopic (exact) mass is 321 g/mol. The normalized spacial score (nSPS) is 16.1. The van der Waals surface area contributed by atoms with Gasteiger partial charge in [0.25, 0.3) is 0 Å². The maximum atomic E-state index is 13.2. The van der Waals surface area contributed by atoms with E-state index in [1.807, 2.05) is 0 Å². The first-order valence-electron chi connectivity index (χ1n) is 8.08.